The molecule has 0 unspecified atom stereocenters. The van der Waals surface area contributed by atoms with Gasteiger partial charge in [-0.2, -0.15) is 10.1 Å². The number of hydrogen-bond donors (Lipinski definition) is 0. The minimum atomic E-state index is -0.164. The monoisotopic (exact) mass is 472 g/mol. The molecule has 0 aromatic heterocycles. The molecule has 35 heavy (non-hydrogen) atoms. The molecule has 7 nitrogen and oxygen atoms in total. The van der Waals surface area contributed by atoms with Gasteiger partial charge in [-0.1, -0.05) is 24.3 Å². The molecular formula is C28H28N2O5. The lowest BCUT2D eigenvalue weighted by molar-refractivity contribution is -0.114. The van der Waals surface area contributed by atoms with E-state index in [1.165, 1.54) is 5.01 Å². The van der Waals surface area contributed by atoms with Crippen LogP contribution < -0.4 is 24.0 Å². The molecule has 1 heterocycles. The lowest BCUT2D eigenvalue weighted by atomic mass is 10.1. The predicted octanol–water partition coefficient (Wildman–Crippen LogP) is 5.36. The highest BCUT2D eigenvalue weighted by Crippen LogP contribution is 2.31. The maximum absolute atomic E-state index is 13.0. The zero-order valence-corrected chi connectivity index (χ0v) is 20.1. The van der Waals surface area contributed by atoms with Crippen LogP contribution in [0.5, 0.6) is 23.0 Å². The average molecular weight is 473 g/mol. The van der Waals surface area contributed by atoms with Crippen LogP contribution in [0.2, 0.25) is 0 Å². The van der Waals surface area contributed by atoms with Gasteiger partial charge in [-0.05, 0) is 74.0 Å². The summed E-state index contributed by atoms with van der Waals surface area (Å²) in [5.41, 5.74) is 2.75. The van der Waals surface area contributed by atoms with Crippen molar-refractivity contribution in [3.05, 3.63) is 83.9 Å². The second-order valence-electron chi connectivity index (χ2n) is 7.71. The first kappa shape index (κ1) is 23.9. The first-order chi connectivity index (χ1) is 17.1. The maximum atomic E-state index is 13.0. The lowest BCUT2D eigenvalue weighted by Crippen LogP contribution is -2.21. The summed E-state index contributed by atoms with van der Waals surface area (Å²) in [5.74, 6) is 2.57. The number of hydrazone groups is 1. The summed E-state index contributed by atoms with van der Waals surface area (Å²) in [6.45, 7) is 4.96. The summed E-state index contributed by atoms with van der Waals surface area (Å²) in [7, 11) is 1.63. The van der Waals surface area contributed by atoms with Crippen molar-refractivity contribution in [1.82, 2.24) is 0 Å². The first-order valence-electron chi connectivity index (χ1n) is 11.4. The van der Waals surface area contributed by atoms with Crippen LogP contribution in [0.1, 0.15) is 19.4 Å². The van der Waals surface area contributed by atoms with Crippen molar-refractivity contribution in [3.8, 4) is 23.0 Å². The third-order valence-corrected chi connectivity index (χ3v) is 5.31. The van der Waals surface area contributed by atoms with Crippen LogP contribution in [-0.4, -0.2) is 38.5 Å². The highest BCUT2D eigenvalue weighted by Gasteiger charge is 2.28. The number of methoxy groups -OCH3 is 1. The highest BCUT2D eigenvalue weighted by molar-refractivity contribution is 6.32. The molecule has 0 fully saturated rings. The molecule has 1 aliphatic rings. The van der Waals surface area contributed by atoms with Gasteiger partial charge in [0.25, 0.3) is 5.91 Å². The van der Waals surface area contributed by atoms with Gasteiger partial charge in [0, 0.05) is 0 Å². The second-order valence-corrected chi connectivity index (χ2v) is 7.71. The number of carbonyl (C=O) groups excluding carboxylic acids is 1. The van der Waals surface area contributed by atoms with Gasteiger partial charge >= 0.3 is 0 Å². The minimum absolute atomic E-state index is 0.164. The van der Waals surface area contributed by atoms with Gasteiger partial charge in [0.15, 0.2) is 11.5 Å². The summed E-state index contributed by atoms with van der Waals surface area (Å²) < 4.78 is 22.6. The Morgan fingerprint density at radius 1 is 0.857 bits per heavy atom. The smallest absolute Gasteiger partial charge is 0.280 e. The average Bonchev–Trinajstić information content (AvgIpc) is 3.17. The third-order valence-electron chi connectivity index (χ3n) is 5.31. The molecule has 3 aromatic carbocycles. The fraction of sp³-hybridized carbons (Fsp3) is 0.214. The summed E-state index contributed by atoms with van der Waals surface area (Å²) in [6, 6.07) is 22.4. The molecule has 0 spiro atoms. The number of ether oxygens (including phenoxy) is 4. The number of benzene rings is 3. The van der Waals surface area contributed by atoms with Crippen LogP contribution >= 0.6 is 0 Å². The fourth-order valence-corrected chi connectivity index (χ4v) is 3.58. The molecule has 1 amide bonds. The van der Waals surface area contributed by atoms with E-state index in [2.05, 4.69) is 5.10 Å². The molecule has 1 aliphatic heterocycles. The standard InChI is InChI=1S/C28H28N2O5/c1-4-33-27-19-21(18-25-20(2)29-30(28(25)31)22-8-6-5-7-9-22)10-15-26(27)35-17-16-34-24-13-11-23(32-3)12-14-24/h5-15,18-19H,4,16-17H2,1-3H3. The summed E-state index contributed by atoms with van der Waals surface area (Å²) in [5, 5.41) is 5.86. The Balaban J connectivity index is 1.42. The number of rotatable bonds is 10. The molecule has 3 aromatic rings. The molecule has 0 aliphatic carbocycles. The topological polar surface area (TPSA) is 69.6 Å². The summed E-state index contributed by atoms with van der Waals surface area (Å²) in [4.78, 5) is 13.0. The van der Waals surface area contributed by atoms with E-state index in [0.717, 1.165) is 22.7 Å². The molecule has 180 valence electrons. The van der Waals surface area contributed by atoms with Gasteiger partial charge in [0.1, 0.15) is 24.7 Å². The molecule has 7 heteroatoms. The van der Waals surface area contributed by atoms with Crippen molar-refractivity contribution in [2.24, 2.45) is 5.10 Å². The van der Waals surface area contributed by atoms with Gasteiger partial charge in [-0.15, -0.1) is 0 Å². The Kier molecular flexibility index (Phi) is 7.67. The molecular weight excluding hydrogens is 444 g/mol. The number of nitrogens with zero attached hydrogens (tertiary/aromatic N) is 2. The lowest BCUT2D eigenvalue weighted by Gasteiger charge is -2.14. The molecule has 0 N–H and O–H groups in total. The Bertz CT molecular complexity index is 1220. The molecule has 4 rings (SSSR count). The van der Waals surface area contributed by atoms with Crippen LogP contribution in [0.3, 0.4) is 0 Å². The van der Waals surface area contributed by atoms with Gasteiger partial charge in [-0.3, -0.25) is 4.79 Å². The Morgan fingerprint density at radius 3 is 2.29 bits per heavy atom. The Labute approximate surface area is 205 Å². The predicted molar refractivity (Wildman–Crippen MR) is 137 cm³/mol. The molecule has 0 atom stereocenters. The first-order valence-corrected chi connectivity index (χ1v) is 11.4. The van der Waals surface area contributed by atoms with Crippen LogP contribution in [0, 0.1) is 0 Å². The fourth-order valence-electron chi connectivity index (χ4n) is 3.58. The number of para-hydroxylation sites is 1. The van der Waals surface area contributed by atoms with Gasteiger partial charge in [-0.25, -0.2) is 0 Å². The summed E-state index contributed by atoms with van der Waals surface area (Å²) in [6.07, 6.45) is 1.82. The van der Waals surface area contributed by atoms with Crippen molar-refractivity contribution in [2.45, 2.75) is 13.8 Å². The molecule has 0 saturated heterocycles. The van der Waals surface area contributed by atoms with Crippen LogP contribution in [0.25, 0.3) is 6.08 Å². The number of hydrogen-bond acceptors (Lipinski definition) is 6. The van der Waals surface area contributed by atoms with E-state index in [1.54, 1.807) is 7.11 Å². The Morgan fingerprint density at radius 2 is 1.57 bits per heavy atom. The highest BCUT2D eigenvalue weighted by atomic mass is 16.5. The van der Waals surface area contributed by atoms with Crippen molar-refractivity contribution in [1.29, 1.82) is 0 Å². The van der Waals surface area contributed by atoms with E-state index in [0.29, 0.717) is 42.6 Å². The zero-order valence-electron chi connectivity index (χ0n) is 20.1. The third kappa shape index (κ3) is 5.81. The van der Waals surface area contributed by atoms with E-state index in [9.17, 15) is 4.79 Å². The zero-order chi connectivity index (χ0) is 24.6. The van der Waals surface area contributed by atoms with Crippen molar-refractivity contribution in [2.75, 3.05) is 31.9 Å². The van der Waals surface area contributed by atoms with Gasteiger partial charge < -0.3 is 18.9 Å². The van der Waals surface area contributed by atoms with E-state index in [1.807, 2.05) is 92.7 Å². The number of carbonyl (C=O) groups is 1. The van der Waals surface area contributed by atoms with Crippen LogP contribution in [0.15, 0.2) is 83.5 Å². The normalized spacial score (nSPS) is 14.1. The van der Waals surface area contributed by atoms with Crippen LogP contribution in [0.4, 0.5) is 5.69 Å². The van der Waals surface area contributed by atoms with E-state index in [4.69, 9.17) is 18.9 Å². The quantitative estimate of drug-likeness (QED) is 0.294. The van der Waals surface area contributed by atoms with Gasteiger partial charge in [0.05, 0.1) is 30.7 Å². The largest absolute Gasteiger partial charge is 0.497 e. The minimum Gasteiger partial charge on any atom is -0.497 e. The SMILES string of the molecule is CCOc1cc(C=C2C(=O)N(c3ccccc3)N=C2C)ccc1OCCOc1ccc(OC)cc1. The van der Waals surface area contributed by atoms with E-state index >= 15 is 0 Å². The van der Waals surface area contributed by atoms with Crippen molar-refractivity contribution in [3.63, 3.8) is 0 Å². The van der Waals surface area contributed by atoms with Crippen molar-refractivity contribution < 1.29 is 23.7 Å². The van der Waals surface area contributed by atoms with Crippen molar-refractivity contribution >= 4 is 23.4 Å². The second kappa shape index (κ2) is 11.2. The maximum Gasteiger partial charge on any atom is 0.280 e. The van der Waals surface area contributed by atoms with E-state index < -0.39 is 0 Å². The molecule has 0 bridgehead atoms. The number of amides is 1. The Hall–Kier alpha value is -4.26. The molecule has 0 radical (unpaired) electrons. The van der Waals surface area contributed by atoms with Crippen LogP contribution in [-0.2, 0) is 4.79 Å². The van der Waals surface area contributed by atoms with E-state index in [-0.39, 0.29) is 5.91 Å². The van der Waals surface area contributed by atoms with Gasteiger partial charge in [0.2, 0.25) is 0 Å². The molecule has 0 saturated carbocycles. The number of anilines is 1. The summed E-state index contributed by atoms with van der Waals surface area (Å²) >= 11 is 0.